The normalized spacial score (nSPS) is 14.2. The summed E-state index contributed by atoms with van der Waals surface area (Å²) >= 11 is 0. The Labute approximate surface area is 71.0 Å². The Morgan fingerprint density at radius 1 is 1.58 bits per heavy atom. The molecule has 1 atom stereocenters. The minimum absolute atomic E-state index is 0.133. The monoisotopic (exact) mass is 195 g/mol. The smallest absolute Gasteiger partial charge is 0.320 e. The summed E-state index contributed by atoms with van der Waals surface area (Å²) in [7, 11) is -3.00. The maximum absolute atomic E-state index is 10.2. The molecule has 0 aliphatic rings. The molecule has 0 saturated carbocycles. The van der Waals surface area contributed by atoms with Gasteiger partial charge in [0.15, 0.2) is 0 Å². The van der Waals surface area contributed by atoms with E-state index < -0.39 is 19.4 Å². The van der Waals surface area contributed by atoms with E-state index in [2.05, 4.69) is 6.30 Å². The van der Waals surface area contributed by atoms with Crippen molar-refractivity contribution in [2.24, 2.45) is 5.73 Å². The highest BCUT2D eigenvalue weighted by molar-refractivity contribution is 7.62. The van der Waals surface area contributed by atoms with Gasteiger partial charge in [0.25, 0.3) is 0 Å². The SMILES string of the molecule is C=P(O)(O)CCCC(N)C(=O)O. The topological polar surface area (TPSA) is 104 Å². The van der Waals surface area contributed by atoms with Crippen LogP contribution in [0.5, 0.6) is 0 Å². The van der Waals surface area contributed by atoms with Gasteiger partial charge in [-0.25, -0.2) is 0 Å². The first-order valence-electron chi connectivity index (χ1n) is 3.49. The van der Waals surface area contributed by atoms with Crippen LogP contribution < -0.4 is 5.73 Å². The molecule has 0 saturated heterocycles. The molecule has 6 heteroatoms. The summed E-state index contributed by atoms with van der Waals surface area (Å²) in [6, 6.07) is -0.920. The van der Waals surface area contributed by atoms with E-state index in [1.165, 1.54) is 0 Å². The second-order valence-corrected chi connectivity index (χ2v) is 4.89. The van der Waals surface area contributed by atoms with Crippen LogP contribution in [0.25, 0.3) is 0 Å². The Morgan fingerprint density at radius 3 is 2.42 bits per heavy atom. The average molecular weight is 195 g/mol. The van der Waals surface area contributed by atoms with E-state index in [-0.39, 0.29) is 12.6 Å². The van der Waals surface area contributed by atoms with Crippen LogP contribution in [0.15, 0.2) is 0 Å². The zero-order valence-electron chi connectivity index (χ0n) is 6.68. The van der Waals surface area contributed by atoms with Gasteiger partial charge < -0.3 is 20.6 Å². The van der Waals surface area contributed by atoms with Crippen molar-refractivity contribution < 1.29 is 19.7 Å². The molecular formula is C6H14NO4P. The van der Waals surface area contributed by atoms with E-state index in [0.29, 0.717) is 6.42 Å². The molecule has 0 aliphatic heterocycles. The molecule has 0 rings (SSSR count). The molecule has 0 aromatic rings. The number of carboxylic acids is 1. The van der Waals surface area contributed by atoms with Crippen molar-refractivity contribution >= 4 is 19.6 Å². The summed E-state index contributed by atoms with van der Waals surface area (Å²) < 4.78 is 0. The Kier molecular flexibility index (Phi) is 4.49. The molecule has 0 aromatic heterocycles. The maximum Gasteiger partial charge on any atom is 0.320 e. The Hall–Kier alpha value is -0.350. The second kappa shape index (κ2) is 4.62. The van der Waals surface area contributed by atoms with Gasteiger partial charge in [0.1, 0.15) is 13.4 Å². The van der Waals surface area contributed by atoms with Crippen LogP contribution in [-0.2, 0) is 4.79 Å². The lowest BCUT2D eigenvalue weighted by Gasteiger charge is -2.10. The van der Waals surface area contributed by atoms with Gasteiger partial charge in [0.2, 0.25) is 0 Å². The zero-order valence-corrected chi connectivity index (χ0v) is 7.57. The third kappa shape index (κ3) is 6.37. The lowest BCUT2D eigenvalue weighted by molar-refractivity contribution is -0.138. The van der Waals surface area contributed by atoms with Crippen molar-refractivity contribution in [3.8, 4) is 0 Å². The van der Waals surface area contributed by atoms with Crippen LogP contribution in [-0.4, -0.2) is 39.4 Å². The molecule has 0 aliphatic carbocycles. The lowest BCUT2D eigenvalue weighted by Crippen LogP contribution is -2.29. The quantitative estimate of drug-likeness (QED) is 0.440. The van der Waals surface area contributed by atoms with E-state index in [4.69, 9.17) is 20.6 Å². The standard InChI is InChI=1S/C6H14NO4P/c1-12(10,11)4-2-3-5(7)6(8)9/h5,10-11H,1-4,7H2,(H,8,9). The van der Waals surface area contributed by atoms with Crippen LogP contribution in [0, 0.1) is 0 Å². The molecule has 1 unspecified atom stereocenters. The number of nitrogens with two attached hydrogens (primary N) is 1. The first kappa shape index (κ1) is 11.6. The number of hydrogen-bond acceptors (Lipinski definition) is 4. The fourth-order valence-corrected chi connectivity index (χ4v) is 1.38. The van der Waals surface area contributed by atoms with E-state index in [0.717, 1.165) is 0 Å². The molecule has 0 bridgehead atoms. The summed E-state index contributed by atoms with van der Waals surface area (Å²) in [6.45, 7) is 0. The number of rotatable bonds is 5. The average Bonchev–Trinajstić information content (AvgIpc) is 1.84. The Balaban J connectivity index is 3.58. The molecule has 0 amide bonds. The molecule has 12 heavy (non-hydrogen) atoms. The van der Waals surface area contributed by atoms with Crippen molar-refractivity contribution in [2.45, 2.75) is 18.9 Å². The van der Waals surface area contributed by atoms with Gasteiger partial charge in [0, 0.05) is 6.16 Å². The van der Waals surface area contributed by atoms with Crippen LogP contribution in [0.1, 0.15) is 12.8 Å². The minimum Gasteiger partial charge on any atom is -0.480 e. The van der Waals surface area contributed by atoms with Gasteiger partial charge in [-0.05, 0) is 12.8 Å². The highest BCUT2D eigenvalue weighted by atomic mass is 31.2. The van der Waals surface area contributed by atoms with E-state index >= 15 is 0 Å². The summed E-state index contributed by atoms with van der Waals surface area (Å²) in [6.07, 6.45) is 3.90. The van der Waals surface area contributed by atoms with Gasteiger partial charge in [-0.3, -0.25) is 4.79 Å². The van der Waals surface area contributed by atoms with Crippen LogP contribution in [0.2, 0.25) is 0 Å². The predicted octanol–water partition coefficient (Wildman–Crippen LogP) is -0.557. The number of aliphatic carboxylic acids is 1. The number of carboxylic acid groups (broad SMARTS) is 1. The first-order chi connectivity index (χ1) is 5.33. The van der Waals surface area contributed by atoms with E-state index in [1.54, 1.807) is 0 Å². The number of hydrogen-bond donors (Lipinski definition) is 4. The molecule has 0 radical (unpaired) electrons. The Morgan fingerprint density at radius 2 is 2.08 bits per heavy atom. The van der Waals surface area contributed by atoms with Crippen LogP contribution in [0.3, 0.4) is 0 Å². The van der Waals surface area contributed by atoms with Crippen molar-refractivity contribution in [1.82, 2.24) is 0 Å². The molecule has 72 valence electrons. The van der Waals surface area contributed by atoms with Crippen molar-refractivity contribution in [3.05, 3.63) is 0 Å². The molecular weight excluding hydrogens is 181 g/mol. The Bertz CT molecular complexity index is 200. The summed E-state index contributed by atoms with van der Waals surface area (Å²) in [5.41, 5.74) is 5.17. The molecule has 0 fully saturated rings. The molecule has 0 aromatic carbocycles. The summed E-state index contributed by atoms with van der Waals surface area (Å²) in [4.78, 5) is 27.9. The summed E-state index contributed by atoms with van der Waals surface area (Å²) in [5, 5.41) is 8.35. The highest BCUT2D eigenvalue weighted by Crippen LogP contribution is 2.34. The van der Waals surface area contributed by atoms with Gasteiger partial charge >= 0.3 is 5.97 Å². The minimum atomic E-state index is -3.00. The summed E-state index contributed by atoms with van der Waals surface area (Å²) in [5.74, 6) is -1.07. The number of carbonyl (C=O) groups is 1. The maximum atomic E-state index is 10.2. The molecule has 5 nitrogen and oxygen atoms in total. The lowest BCUT2D eigenvalue weighted by atomic mass is 10.2. The van der Waals surface area contributed by atoms with Gasteiger partial charge in [-0.2, -0.15) is 0 Å². The third-order valence-electron chi connectivity index (χ3n) is 1.35. The van der Waals surface area contributed by atoms with Crippen molar-refractivity contribution in [2.75, 3.05) is 6.16 Å². The zero-order chi connectivity index (χ0) is 9.78. The first-order valence-corrected chi connectivity index (χ1v) is 5.56. The van der Waals surface area contributed by atoms with Gasteiger partial charge in [-0.15, -0.1) is 0 Å². The van der Waals surface area contributed by atoms with E-state index in [9.17, 15) is 4.79 Å². The second-order valence-electron chi connectivity index (χ2n) is 2.69. The largest absolute Gasteiger partial charge is 0.480 e. The van der Waals surface area contributed by atoms with Crippen molar-refractivity contribution in [1.29, 1.82) is 0 Å². The van der Waals surface area contributed by atoms with Gasteiger partial charge in [0.05, 0.1) is 0 Å². The molecule has 5 N–H and O–H groups in total. The third-order valence-corrected chi connectivity index (χ3v) is 2.38. The van der Waals surface area contributed by atoms with Crippen LogP contribution in [0.4, 0.5) is 0 Å². The molecule has 0 spiro atoms. The van der Waals surface area contributed by atoms with Gasteiger partial charge in [-0.1, -0.05) is 6.30 Å². The van der Waals surface area contributed by atoms with Crippen LogP contribution >= 0.6 is 7.34 Å². The van der Waals surface area contributed by atoms with Crippen molar-refractivity contribution in [3.63, 3.8) is 0 Å². The fraction of sp³-hybridized carbons (Fsp3) is 0.667. The fourth-order valence-electron chi connectivity index (χ4n) is 0.688. The molecule has 0 heterocycles. The van der Waals surface area contributed by atoms with E-state index in [1.807, 2.05) is 0 Å². The highest BCUT2D eigenvalue weighted by Gasteiger charge is 2.12. The predicted molar refractivity (Wildman–Crippen MR) is 48.2 cm³/mol.